The molecule has 0 unspecified atom stereocenters. The third kappa shape index (κ3) is 5.56. The molecule has 2 amide bonds. The van der Waals surface area contributed by atoms with Crippen molar-refractivity contribution in [2.45, 2.75) is 6.42 Å². The SMILES string of the molecule is C=CCNC(=O)C(CCCl)C(=O)NCC=C. The molecule has 0 aromatic carbocycles. The average molecular weight is 245 g/mol. The molecule has 0 saturated carbocycles. The first-order valence-corrected chi connectivity index (χ1v) is 5.54. The van der Waals surface area contributed by atoms with Crippen LogP contribution in [-0.4, -0.2) is 30.8 Å². The lowest BCUT2D eigenvalue weighted by molar-refractivity contribution is -0.135. The molecular formula is C11H17ClN2O2. The van der Waals surface area contributed by atoms with Crippen LogP contribution < -0.4 is 10.6 Å². The van der Waals surface area contributed by atoms with Crippen LogP contribution in [0.25, 0.3) is 0 Å². The van der Waals surface area contributed by atoms with Gasteiger partial charge in [-0.2, -0.15) is 0 Å². The molecule has 0 rings (SSSR count). The van der Waals surface area contributed by atoms with Gasteiger partial charge >= 0.3 is 0 Å². The summed E-state index contributed by atoms with van der Waals surface area (Å²) in [6.45, 7) is 7.63. The molecule has 5 heteroatoms. The van der Waals surface area contributed by atoms with Gasteiger partial charge in [0.1, 0.15) is 5.92 Å². The van der Waals surface area contributed by atoms with Gasteiger partial charge in [-0.25, -0.2) is 0 Å². The largest absolute Gasteiger partial charge is 0.352 e. The molecule has 0 aromatic rings. The molecule has 0 fully saturated rings. The molecule has 4 nitrogen and oxygen atoms in total. The molecule has 0 spiro atoms. The molecule has 0 radical (unpaired) electrons. The van der Waals surface area contributed by atoms with E-state index in [4.69, 9.17) is 11.6 Å². The lowest BCUT2D eigenvalue weighted by Gasteiger charge is -2.14. The highest BCUT2D eigenvalue weighted by Crippen LogP contribution is 2.05. The summed E-state index contributed by atoms with van der Waals surface area (Å²) in [5.41, 5.74) is 0. The van der Waals surface area contributed by atoms with E-state index < -0.39 is 5.92 Å². The van der Waals surface area contributed by atoms with Gasteiger partial charge in [0.05, 0.1) is 0 Å². The summed E-state index contributed by atoms with van der Waals surface area (Å²) in [4.78, 5) is 23.2. The fraction of sp³-hybridized carbons (Fsp3) is 0.455. The van der Waals surface area contributed by atoms with Crippen molar-refractivity contribution >= 4 is 23.4 Å². The zero-order chi connectivity index (χ0) is 12.4. The second kappa shape index (κ2) is 8.97. The van der Waals surface area contributed by atoms with Crippen LogP contribution in [-0.2, 0) is 9.59 Å². The minimum Gasteiger partial charge on any atom is -0.352 e. The monoisotopic (exact) mass is 244 g/mol. The third-order valence-electron chi connectivity index (χ3n) is 1.87. The van der Waals surface area contributed by atoms with Crippen molar-refractivity contribution in [1.82, 2.24) is 10.6 Å². The van der Waals surface area contributed by atoms with Crippen molar-refractivity contribution in [2.75, 3.05) is 19.0 Å². The Hall–Kier alpha value is -1.29. The number of hydrogen-bond donors (Lipinski definition) is 2. The lowest BCUT2D eigenvalue weighted by atomic mass is 10.0. The summed E-state index contributed by atoms with van der Waals surface area (Å²) in [5.74, 6) is -1.16. The van der Waals surface area contributed by atoms with Crippen LogP contribution in [0.4, 0.5) is 0 Å². The lowest BCUT2D eigenvalue weighted by Crippen LogP contribution is -2.41. The first kappa shape index (κ1) is 14.7. The smallest absolute Gasteiger partial charge is 0.232 e. The summed E-state index contributed by atoms with van der Waals surface area (Å²) < 4.78 is 0. The molecular weight excluding hydrogens is 228 g/mol. The highest BCUT2D eigenvalue weighted by atomic mass is 35.5. The summed E-state index contributed by atoms with van der Waals surface area (Å²) in [6, 6.07) is 0. The fourth-order valence-corrected chi connectivity index (χ4v) is 1.30. The first-order chi connectivity index (χ1) is 7.67. The van der Waals surface area contributed by atoms with Crippen LogP contribution in [0.5, 0.6) is 0 Å². The maximum absolute atomic E-state index is 11.6. The quantitative estimate of drug-likeness (QED) is 0.378. The van der Waals surface area contributed by atoms with Gasteiger partial charge in [0.15, 0.2) is 0 Å². The number of carbonyl (C=O) groups excluding carboxylic acids is 2. The van der Waals surface area contributed by atoms with Gasteiger partial charge in [-0.1, -0.05) is 12.2 Å². The molecule has 0 bridgehead atoms. The Morgan fingerprint density at radius 1 is 1.12 bits per heavy atom. The number of hydrogen-bond acceptors (Lipinski definition) is 2. The second-order valence-electron chi connectivity index (χ2n) is 3.10. The fourth-order valence-electron chi connectivity index (χ4n) is 1.08. The van der Waals surface area contributed by atoms with E-state index >= 15 is 0 Å². The maximum Gasteiger partial charge on any atom is 0.232 e. The van der Waals surface area contributed by atoms with Crippen molar-refractivity contribution in [3.8, 4) is 0 Å². The number of alkyl halides is 1. The normalized spacial score (nSPS) is 9.62. The minimum atomic E-state index is -0.752. The van der Waals surface area contributed by atoms with Crippen LogP contribution in [0, 0.1) is 5.92 Å². The molecule has 0 aliphatic rings. The Morgan fingerprint density at radius 2 is 1.56 bits per heavy atom. The molecule has 2 N–H and O–H groups in total. The third-order valence-corrected chi connectivity index (χ3v) is 2.09. The van der Waals surface area contributed by atoms with Gasteiger partial charge < -0.3 is 10.6 Å². The average Bonchev–Trinajstić information content (AvgIpc) is 2.29. The van der Waals surface area contributed by atoms with E-state index in [1.807, 2.05) is 0 Å². The Morgan fingerprint density at radius 3 is 1.88 bits per heavy atom. The number of nitrogens with one attached hydrogen (secondary N) is 2. The van der Waals surface area contributed by atoms with Crippen molar-refractivity contribution in [1.29, 1.82) is 0 Å². The zero-order valence-electron chi connectivity index (χ0n) is 9.17. The van der Waals surface area contributed by atoms with E-state index in [0.717, 1.165) is 0 Å². The van der Waals surface area contributed by atoms with Crippen molar-refractivity contribution in [2.24, 2.45) is 5.92 Å². The van der Waals surface area contributed by atoms with Crippen LogP contribution >= 0.6 is 11.6 Å². The molecule has 90 valence electrons. The predicted molar refractivity (Wildman–Crippen MR) is 65.2 cm³/mol. The highest BCUT2D eigenvalue weighted by Gasteiger charge is 2.24. The van der Waals surface area contributed by atoms with E-state index in [1.165, 1.54) is 0 Å². The van der Waals surface area contributed by atoms with Crippen LogP contribution in [0.1, 0.15) is 6.42 Å². The molecule has 0 heterocycles. The summed E-state index contributed by atoms with van der Waals surface area (Å²) in [7, 11) is 0. The van der Waals surface area contributed by atoms with Crippen molar-refractivity contribution in [3.63, 3.8) is 0 Å². The van der Waals surface area contributed by atoms with Crippen LogP contribution in [0.3, 0.4) is 0 Å². The maximum atomic E-state index is 11.6. The summed E-state index contributed by atoms with van der Waals surface area (Å²) in [5, 5.41) is 5.14. The van der Waals surface area contributed by atoms with E-state index in [0.29, 0.717) is 19.5 Å². The molecule has 0 atom stereocenters. The number of rotatable bonds is 8. The van der Waals surface area contributed by atoms with Gasteiger partial charge in [0.2, 0.25) is 11.8 Å². The van der Waals surface area contributed by atoms with Gasteiger partial charge in [-0.3, -0.25) is 9.59 Å². The Labute approximate surface area is 101 Å². The van der Waals surface area contributed by atoms with E-state index in [1.54, 1.807) is 12.2 Å². The zero-order valence-corrected chi connectivity index (χ0v) is 9.93. The minimum absolute atomic E-state index is 0.258. The number of amides is 2. The van der Waals surface area contributed by atoms with Gasteiger partial charge in [0.25, 0.3) is 0 Å². The number of carbonyl (C=O) groups is 2. The molecule has 16 heavy (non-hydrogen) atoms. The van der Waals surface area contributed by atoms with Crippen LogP contribution in [0.15, 0.2) is 25.3 Å². The second-order valence-corrected chi connectivity index (χ2v) is 3.48. The Balaban J connectivity index is 4.32. The molecule has 0 aromatic heterocycles. The Bertz CT molecular complexity index is 243. The van der Waals surface area contributed by atoms with E-state index in [9.17, 15) is 9.59 Å². The highest BCUT2D eigenvalue weighted by molar-refractivity contribution is 6.18. The van der Waals surface area contributed by atoms with Crippen molar-refractivity contribution in [3.05, 3.63) is 25.3 Å². The summed E-state index contributed by atoms with van der Waals surface area (Å²) in [6.07, 6.45) is 3.42. The van der Waals surface area contributed by atoms with E-state index in [-0.39, 0.29) is 17.7 Å². The van der Waals surface area contributed by atoms with E-state index in [2.05, 4.69) is 23.8 Å². The van der Waals surface area contributed by atoms with Gasteiger partial charge in [0, 0.05) is 19.0 Å². The molecule has 0 saturated heterocycles. The summed E-state index contributed by atoms with van der Waals surface area (Å²) >= 11 is 5.55. The molecule has 0 aliphatic heterocycles. The Kier molecular flexibility index (Phi) is 8.25. The first-order valence-electron chi connectivity index (χ1n) is 5.00. The predicted octanol–water partition coefficient (Wildman–Crippen LogP) is 0.836. The van der Waals surface area contributed by atoms with Crippen molar-refractivity contribution < 1.29 is 9.59 Å². The van der Waals surface area contributed by atoms with Gasteiger partial charge in [-0.05, 0) is 6.42 Å². The topological polar surface area (TPSA) is 58.2 Å². The standard InChI is InChI=1S/C11H17ClN2O2/c1-3-7-13-10(15)9(5-6-12)11(16)14-8-4-2/h3-4,9H,1-2,5-8H2,(H,13,15)(H,14,16). The number of halogens is 1. The van der Waals surface area contributed by atoms with Crippen LogP contribution in [0.2, 0.25) is 0 Å². The molecule has 0 aliphatic carbocycles. The van der Waals surface area contributed by atoms with Gasteiger partial charge in [-0.15, -0.1) is 24.8 Å².